The standard InChI is InChI=1S/C26H28N4OS/c1-18-7-4-5-9-24(18)29-26(32)30(17-20-8-6-13-27-16-20)14-12-22-19(2)28-25-11-10-21(31-3)15-23(22)25/h4-11,13,15-16,28H,12,14,17H2,1-3H3,(H,29,32). The second-order valence-electron chi connectivity index (χ2n) is 7.92. The van der Waals surface area contributed by atoms with E-state index in [1.54, 1.807) is 13.3 Å². The first kappa shape index (κ1) is 21.8. The lowest BCUT2D eigenvalue weighted by Crippen LogP contribution is -2.36. The zero-order chi connectivity index (χ0) is 22.5. The maximum Gasteiger partial charge on any atom is 0.173 e. The maximum absolute atomic E-state index is 5.85. The molecule has 2 heterocycles. The van der Waals surface area contributed by atoms with Crippen LogP contribution in [0.15, 0.2) is 67.0 Å². The molecule has 0 amide bonds. The number of rotatable bonds is 7. The Kier molecular flexibility index (Phi) is 6.71. The van der Waals surface area contributed by atoms with Crippen molar-refractivity contribution in [3.05, 3.63) is 89.4 Å². The number of ether oxygens (including phenoxy) is 1. The molecule has 0 aliphatic rings. The van der Waals surface area contributed by atoms with Crippen LogP contribution in [-0.2, 0) is 13.0 Å². The molecule has 4 aromatic rings. The highest BCUT2D eigenvalue weighted by atomic mass is 32.1. The van der Waals surface area contributed by atoms with Gasteiger partial charge in [-0.15, -0.1) is 0 Å². The van der Waals surface area contributed by atoms with Gasteiger partial charge in [0.1, 0.15) is 5.75 Å². The number of hydrogen-bond acceptors (Lipinski definition) is 3. The molecule has 32 heavy (non-hydrogen) atoms. The van der Waals surface area contributed by atoms with Crippen molar-refractivity contribution in [1.82, 2.24) is 14.9 Å². The van der Waals surface area contributed by atoms with E-state index in [0.717, 1.165) is 41.0 Å². The molecule has 164 valence electrons. The van der Waals surface area contributed by atoms with Crippen LogP contribution >= 0.6 is 12.2 Å². The first-order valence-electron chi connectivity index (χ1n) is 10.7. The number of thiocarbonyl (C=S) groups is 1. The largest absolute Gasteiger partial charge is 0.497 e. The topological polar surface area (TPSA) is 53.2 Å². The third-order valence-corrected chi connectivity index (χ3v) is 6.09. The molecule has 0 aliphatic carbocycles. The van der Waals surface area contributed by atoms with Gasteiger partial charge in [0.05, 0.1) is 7.11 Å². The van der Waals surface area contributed by atoms with Crippen molar-refractivity contribution < 1.29 is 4.74 Å². The zero-order valence-electron chi connectivity index (χ0n) is 18.7. The first-order valence-corrected chi connectivity index (χ1v) is 11.1. The summed E-state index contributed by atoms with van der Waals surface area (Å²) < 4.78 is 5.44. The molecule has 6 heteroatoms. The third-order valence-electron chi connectivity index (χ3n) is 5.73. The Morgan fingerprint density at radius 3 is 2.72 bits per heavy atom. The minimum Gasteiger partial charge on any atom is -0.497 e. The lowest BCUT2D eigenvalue weighted by Gasteiger charge is -2.26. The Morgan fingerprint density at radius 1 is 1.12 bits per heavy atom. The van der Waals surface area contributed by atoms with Gasteiger partial charge in [0.25, 0.3) is 0 Å². The molecule has 2 N–H and O–H groups in total. The first-order chi connectivity index (χ1) is 15.5. The van der Waals surface area contributed by atoms with Gasteiger partial charge in [0.15, 0.2) is 5.11 Å². The second-order valence-corrected chi connectivity index (χ2v) is 8.30. The highest BCUT2D eigenvalue weighted by Crippen LogP contribution is 2.27. The van der Waals surface area contributed by atoms with Gasteiger partial charge in [-0.05, 0) is 79.5 Å². The predicted molar refractivity (Wildman–Crippen MR) is 135 cm³/mol. The summed E-state index contributed by atoms with van der Waals surface area (Å²) in [6.07, 6.45) is 4.54. The molecule has 0 bridgehead atoms. The molecule has 0 unspecified atom stereocenters. The lowest BCUT2D eigenvalue weighted by molar-refractivity contribution is 0.415. The van der Waals surface area contributed by atoms with E-state index in [1.807, 2.05) is 30.5 Å². The highest BCUT2D eigenvalue weighted by Gasteiger charge is 2.15. The number of aromatic amines is 1. The quantitative estimate of drug-likeness (QED) is 0.362. The van der Waals surface area contributed by atoms with E-state index < -0.39 is 0 Å². The van der Waals surface area contributed by atoms with Gasteiger partial charge in [0, 0.05) is 47.8 Å². The number of nitrogens with one attached hydrogen (secondary N) is 2. The Labute approximate surface area is 194 Å². The number of methoxy groups -OCH3 is 1. The van der Waals surface area contributed by atoms with E-state index in [-0.39, 0.29) is 0 Å². The number of anilines is 1. The van der Waals surface area contributed by atoms with Gasteiger partial charge >= 0.3 is 0 Å². The Balaban J connectivity index is 1.58. The van der Waals surface area contributed by atoms with Crippen molar-refractivity contribution in [1.29, 1.82) is 0 Å². The molecular formula is C26H28N4OS. The summed E-state index contributed by atoms with van der Waals surface area (Å²) in [6.45, 7) is 5.67. The summed E-state index contributed by atoms with van der Waals surface area (Å²) in [5.41, 5.74) is 6.90. The average molecular weight is 445 g/mol. The van der Waals surface area contributed by atoms with Gasteiger partial charge in [-0.1, -0.05) is 24.3 Å². The smallest absolute Gasteiger partial charge is 0.173 e. The molecule has 0 radical (unpaired) electrons. The van der Waals surface area contributed by atoms with Crippen molar-refractivity contribution >= 4 is 33.9 Å². The van der Waals surface area contributed by atoms with Crippen molar-refractivity contribution in [2.75, 3.05) is 19.0 Å². The molecule has 0 fully saturated rings. The number of fused-ring (bicyclic) bond motifs is 1. The number of hydrogen-bond donors (Lipinski definition) is 2. The summed E-state index contributed by atoms with van der Waals surface area (Å²) in [5, 5.41) is 5.34. The summed E-state index contributed by atoms with van der Waals surface area (Å²) in [4.78, 5) is 9.97. The number of aryl methyl sites for hydroxylation is 2. The van der Waals surface area contributed by atoms with Crippen LogP contribution in [0.3, 0.4) is 0 Å². The predicted octanol–water partition coefficient (Wildman–Crippen LogP) is 5.63. The number of aromatic nitrogens is 2. The number of H-pyrrole nitrogens is 1. The molecule has 0 spiro atoms. The van der Waals surface area contributed by atoms with Crippen LogP contribution < -0.4 is 10.1 Å². The molecule has 2 aromatic heterocycles. The normalized spacial score (nSPS) is 10.8. The average Bonchev–Trinajstić information content (AvgIpc) is 3.12. The van der Waals surface area contributed by atoms with Crippen molar-refractivity contribution in [3.8, 4) is 5.75 Å². The van der Waals surface area contributed by atoms with E-state index in [1.165, 1.54) is 16.6 Å². The third kappa shape index (κ3) is 4.92. The van der Waals surface area contributed by atoms with Crippen molar-refractivity contribution in [2.45, 2.75) is 26.8 Å². The minimum absolute atomic E-state index is 0.691. The van der Waals surface area contributed by atoms with Gasteiger partial charge < -0.3 is 19.9 Å². The van der Waals surface area contributed by atoms with E-state index >= 15 is 0 Å². The zero-order valence-corrected chi connectivity index (χ0v) is 19.5. The van der Waals surface area contributed by atoms with E-state index in [4.69, 9.17) is 17.0 Å². The molecule has 0 saturated heterocycles. The van der Waals surface area contributed by atoms with Crippen molar-refractivity contribution in [3.63, 3.8) is 0 Å². The fourth-order valence-corrected chi connectivity index (χ4v) is 4.20. The van der Waals surface area contributed by atoms with Crippen LogP contribution in [0.25, 0.3) is 10.9 Å². The molecule has 0 saturated carbocycles. The maximum atomic E-state index is 5.85. The van der Waals surface area contributed by atoms with Gasteiger partial charge in [-0.2, -0.15) is 0 Å². The van der Waals surface area contributed by atoms with Crippen LogP contribution in [0.2, 0.25) is 0 Å². The molecule has 5 nitrogen and oxygen atoms in total. The minimum atomic E-state index is 0.691. The van der Waals surface area contributed by atoms with Crippen LogP contribution in [0.5, 0.6) is 5.75 Å². The van der Waals surface area contributed by atoms with Crippen molar-refractivity contribution in [2.24, 2.45) is 0 Å². The number of nitrogens with zero attached hydrogens (tertiary/aromatic N) is 2. The fraction of sp³-hybridized carbons (Fsp3) is 0.231. The summed E-state index contributed by atoms with van der Waals surface area (Å²) in [6, 6.07) is 18.4. The Bertz CT molecular complexity index is 1220. The number of benzene rings is 2. The molecule has 2 aromatic carbocycles. The summed E-state index contributed by atoms with van der Waals surface area (Å²) >= 11 is 5.85. The van der Waals surface area contributed by atoms with Crippen LogP contribution in [0, 0.1) is 13.8 Å². The molecule has 0 atom stereocenters. The van der Waals surface area contributed by atoms with E-state index in [2.05, 4.69) is 64.4 Å². The second kappa shape index (κ2) is 9.83. The summed E-state index contributed by atoms with van der Waals surface area (Å²) in [5.74, 6) is 0.863. The van der Waals surface area contributed by atoms with E-state index in [9.17, 15) is 0 Å². The lowest BCUT2D eigenvalue weighted by atomic mass is 10.1. The number of para-hydroxylation sites is 1. The Hall–Kier alpha value is -3.38. The fourth-order valence-electron chi connectivity index (χ4n) is 3.93. The van der Waals surface area contributed by atoms with Crippen LogP contribution in [0.1, 0.15) is 22.4 Å². The van der Waals surface area contributed by atoms with Gasteiger partial charge in [-0.3, -0.25) is 4.98 Å². The monoisotopic (exact) mass is 444 g/mol. The van der Waals surface area contributed by atoms with Crippen LogP contribution in [0.4, 0.5) is 5.69 Å². The summed E-state index contributed by atoms with van der Waals surface area (Å²) in [7, 11) is 1.70. The molecule has 0 aliphatic heterocycles. The highest BCUT2D eigenvalue weighted by molar-refractivity contribution is 7.80. The Morgan fingerprint density at radius 2 is 1.97 bits per heavy atom. The SMILES string of the molecule is COc1ccc2[nH]c(C)c(CCN(Cc3cccnc3)C(=S)Nc3ccccc3C)c2c1. The van der Waals surface area contributed by atoms with E-state index in [0.29, 0.717) is 11.7 Å². The van der Waals surface area contributed by atoms with Gasteiger partial charge in [-0.25, -0.2) is 0 Å². The number of pyridine rings is 1. The van der Waals surface area contributed by atoms with Gasteiger partial charge in [0.2, 0.25) is 0 Å². The molecule has 4 rings (SSSR count). The molecular weight excluding hydrogens is 416 g/mol. The van der Waals surface area contributed by atoms with Crippen LogP contribution in [-0.4, -0.2) is 33.6 Å².